The second-order valence-corrected chi connectivity index (χ2v) is 3.52. The van der Waals surface area contributed by atoms with Crippen molar-refractivity contribution in [1.29, 1.82) is 0 Å². The Labute approximate surface area is 90.0 Å². The van der Waals surface area contributed by atoms with Gasteiger partial charge in [-0.2, -0.15) is 0 Å². The van der Waals surface area contributed by atoms with Gasteiger partial charge in [0, 0.05) is 7.11 Å². The van der Waals surface area contributed by atoms with Gasteiger partial charge in [-0.25, -0.2) is 0 Å². The van der Waals surface area contributed by atoms with Crippen molar-refractivity contribution in [2.45, 2.75) is 13.8 Å². The Morgan fingerprint density at radius 2 is 1.93 bits per heavy atom. The van der Waals surface area contributed by atoms with Crippen molar-refractivity contribution in [1.82, 2.24) is 0 Å². The van der Waals surface area contributed by atoms with Gasteiger partial charge < -0.3 is 9.47 Å². The van der Waals surface area contributed by atoms with Crippen molar-refractivity contribution in [3.63, 3.8) is 0 Å². The summed E-state index contributed by atoms with van der Waals surface area (Å²) in [7, 11) is 3.08. The minimum atomic E-state index is -0.0545. The molecule has 0 saturated carbocycles. The standard InChI is InChI=1S/C12H16O3/c1-8-5-9(2)12(15-4)10(6-8)11(13)7-14-3/h5-6H,7H2,1-4H3. The second kappa shape index (κ2) is 4.94. The Bertz CT molecular complexity index is 369. The molecule has 0 radical (unpaired) electrons. The average molecular weight is 208 g/mol. The molecule has 0 spiro atoms. The number of carbonyl (C=O) groups is 1. The lowest BCUT2D eigenvalue weighted by Crippen LogP contribution is -2.10. The van der Waals surface area contributed by atoms with Gasteiger partial charge in [-0.05, 0) is 31.0 Å². The first-order valence-corrected chi connectivity index (χ1v) is 4.77. The van der Waals surface area contributed by atoms with Gasteiger partial charge in [-0.3, -0.25) is 4.79 Å². The Morgan fingerprint density at radius 3 is 2.47 bits per heavy atom. The molecular weight excluding hydrogens is 192 g/mol. The van der Waals surface area contributed by atoms with Crippen molar-refractivity contribution in [2.24, 2.45) is 0 Å². The van der Waals surface area contributed by atoms with E-state index in [1.165, 1.54) is 7.11 Å². The van der Waals surface area contributed by atoms with Crippen LogP contribution in [0.2, 0.25) is 0 Å². The third-order valence-corrected chi connectivity index (χ3v) is 2.20. The molecule has 0 bridgehead atoms. The molecule has 0 saturated heterocycles. The number of carbonyl (C=O) groups excluding carboxylic acids is 1. The molecule has 0 fully saturated rings. The van der Waals surface area contributed by atoms with E-state index in [4.69, 9.17) is 9.47 Å². The largest absolute Gasteiger partial charge is 0.496 e. The minimum absolute atomic E-state index is 0.0545. The summed E-state index contributed by atoms with van der Waals surface area (Å²) in [6.45, 7) is 3.96. The van der Waals surface area contributed by atoms with Crippen LogP contribution in [0, 0.1) is 13.8 Å². The molecule has 15 heavy (non-hydrogen) atoms. The molecule has 0 amide bonds. The first-order valence-electron chi connectivity index (χ1n) is 4.77. The summed E-state index contributed by atoms with van der Waals surface area (Å²) in [6.07, 6.45) is 0. The monoisotopic (exact) mass is 208 g/mol. The lowest BCUT2D eigenvalue weighted by atomic mass is 10.0. The molecule has 3 nitrogen and oxygen atoms in total. The predicted octanol–water partition coefficient (Wildman–Crippen LogP) is 2.14. The molecule has 0 N–H and O–H groups in total. The lowest BCUT2D eigenvalue weighted by molar-refractivity contribution is 0.0844. The topological polar surface area (TPSA) is 35.5 Å². The molecule has 0 aliphatic carbocycles. The third kappa shape index (κ3) is 2.57. The number of ether oxygens (including phenoxy) is 2. The van der Waals surface area contributed by atoms with Gasteiger partial charge in [0.15, 0.2) is 5.78 Å². The van der Waals surface area contributed by atoms with E-state index in [0.29, 0.717) is 11.3 Å². The highest BCUT2D eigenvalue weighted by atomic mass is 16.5. The Balaban J connectivity index is 3.20. The summed E-state index contributed by atoms with van der Waals surface area (Å²) < 4.78 is 10.1. The van der Waals surface area contributed by atoms with E-state index in [-0.39, 0.29) is 12.4 Å². The van der Waals surface area contributed by atoms with Crippen LogP contribution in [-0.2, 0) is 4.74 Å². The highest BCUT2D eigenvalue weighted by Gasteiger charge is 2.14. The number of Topliss-reactive ketones (excluding diaryl/α,β-unsaturated/α-hetero) is 1. The molecule has 0 aliphatic rings. The summed E-state index contributed by atoms with van der Waals surface area (Å²) in [5.41, 5.74) is 2.61. The van der Waals surface area contributed by atoms with Crippen LogP contribution in [0.4, 0.5) is 0 Å². The molecule has 1 aromatic rings. The number of benzene rings is 1. The normalized spacial score (nSPS) is 10.1. The van der Waals surface area contributed by atoms with Crippen LogP contribution in [-0.4, -0.2) is 26.6 Å². The van der Waals surface area contributed by atoms with Gasteiger partial charge in [-0.1, -0.05) is 6.07 Å². The average Bonchev–Trinajstić information content (AvgIpc) is 2.17. The predicted molar refractivity (Wildman–Crippen MR) is 58.7 cm³/mol. The summed E-state index contributed by atoms with van der Waals surface area (Å²) in [5, 5.41) is 0. The molecular formula is C12H16O3. The third-order valence-electron chi connectivity index (χ3n) is 2.20. The van der Waals surface area contributed by atoms with Gasteiger partial charge in [0.1, 0.15) is 12.4 Å². The van der Waals surface area contributed by atoms with Crippen LogP contribution in [0.5, 0.6) is 5.75 Å². The van der Waals surface area contributed by atoms with Gasteiger partial charge in [0.25, 0.3) is 0 Å². The fourth-order valence-corrected chi connectivity index (χ4v) is 1.64. The zero-order valence-electron chi connectivity index (χ0n) is 9.59. The van der Waals surface area contributed by atoms with Crippen molar-refractivity contribution < 1.29 is 14.3 Å². The van der Waals surface area contributed by atoms with Gasteiger partial charge in [0.2, 0.25) is 0 Å². The minimum Gasteiger partial charge on any atom is -0.496 e. The van der Waals surface area contributed by atoms with Crippen LogP contribution < -0.4 is 4.74 Å². The van der Waals surface area contributed by atoms with E-state index in [0.717, 1.165) is 11.1 Å². The SMILES string of the molecule is COCC(=O)c1cc(C)cc(C)c1OC. The lowest BCUT2D eigenvalue weighted by Gasteiger charge is -2.11. The molecule has 1 rings (SSSR count). The fourth-order valence-electron chi connectivity index (χ4n) is 1.64. The number of ketones is 1. The van der Waals surface area contributed by atoms with Crippen molar-refractivity contribution in [3.05, 3.63) is 28.8 Å². The maximum atomic E-state index is 11.7. The van der Waals surface area contributed by atoms with Crippen molar-refractivity contribution in [3.8, 4) is 5.75 Å². The van der Waals surface area contributed by atoms with Crippen LogP contribution >= 0.6 is 0 Å². The summed E-state index contributed by atoms with van der Waals surface area (Å²) in [4.78, 5) is 11.7. The molecule has 82 valence electrons. The number of methoxy groups -OCH3 is 2. The van der Waals surface area contributed by atoms with E-state index < -0.39 is 0 Å². The zero-order valence-corrected chi connectivity index (χ0v) is 9.59. The smallest absolute Gasteiger partial charge is 0.192 e. The summed E-state index contributed by atoms with van der Waals surface area (Å²) in [6, 6.07) is 3.82. The van der Waals surface area contributed by atoms with Gasteiger partial charge in [0.05, 0.1) is 12.7 Å². The van der Waals surface area contributed by atoms with Crippen molar-refractivity contribution >= 4 is 5.78 Å². The first-order chi connectivity index (χ1) is 7.10. The number of aryl methyl sites for hydroxylation is 2. The van der Waals surface area contributed by atoms with E-state index in [9.17, 15) is 4.79 Å². The Morgan fingerprint density at radius 1 is 1.27 bits per heavy atom. The molecule has 0 aromatic heterocycles. The van der Waals surface area contributed by atoms with Gasteiger partial charge in [-0.15, -0.1) is 0 Å². The second-order valence-electron chi connectivity index (χ2n) is 3.52. The van der Waals surface area contributed by atoms with E-state index in [2.05, 4.69) is 0 Å². The van der Waals surface area contributed by atoms with E-state index in [1.54, 1.807) is 7.11 Å². The maximum absolute atomic E-state index is 11.7. The Kier molecular flexibility index (Phi) is 3.86. The highest BCUT2D eigenvalue weighted by Crippen LogP contribution is 2.25. The first kappa shape index (κ1) is 11.7. The maximum Gasteiger partial charge on any atom is 0.192 e. The van der Waals surface area contributed by atoms with E-state index >= 15 is 0 Å². The molecule has 1 aromatic carbocycles. The molecule has 0 atom stereocenters. The van der Waals surface area contributed by atoms with Crippen LogP contribution in [0.1, 0.15) is 21.5 Å². The number of hydrogen-bond donors (Lipinski definition) is 0. The zero-order chi connectivity index (χ0) is 11.4. The summed E-state index contributed by atoms with van der Waals surface area (Å²) >= 11 is 0. The molecule has 3 heteroatoms. The number of hydrogen-bond acceptors (Lipinski definition) is 3. The molecule has 0 unspecified atom stereocenters. The van der Waals surface area contributed by atoms with Crippen LogP contribution in [0.3, 0.4) is 0 Å². The molecule has 0 heterocycles. The highest BCUT2D eigenvalue weighted by molar-refractivity contribution is 6.00. The van der Waals surface area contributed by atoms with Crippen molar-refractivity contribution in [2.75, 3.05) is 20.8 Å². The molecule has 0 aliphatic heterocycles. The Hall–Kier alpha value is -1.35. The number of rotatable bonds is 4. The quantitative estimate of drug-likeness (QED) is 0.711. The fraction of sp³-hybridized carbons (Fsp3) is 0.417. The van der Waals surface area contributed by atoms with E-state index in [1.807, 2.05) is 26.0 Å². The van der Waals surface area contributed by atoms with Crippen LogP contribution in [0.25, 0.3) is 0 Å². The van der Waals surface area contributed by atoms with Gasteiger partial charge >= 0.3 is 0 Å². The van der Waals surface area contributed by atoms with Crippen LogP contribution in [0.15, 0.2) is 12.1 Å². The summed E-state index contributed by atoms with van der Waals surface area (Å²) in [5.74, 6) is 0.587.